The Morgan fingerprint density at radius 3 is 2.42 bits per heavy atom. The number of fused-ring (bicyclic) bond motifs is 1. The molecule has 31 heavy (non-hydrogen) atoms. The summed E-state index contributed by atoms with van der Waals surface area (Å²) in [6.45, 7) is 3.37. The van der Waals surface area contributed by atoms with E-state index in [1.807, 2.05) is 18.2 Å². The van der Waals surface area contributed by atoms with Gasteiger partial charge in [-0.3, -0.25) is 0 Å². The smallest absolute Gasteiger partial charge is 0.184 e. The summed E-state index contributed by atoms with van der Waals surface area (Å²) in [6, 6.07) is 22.5. The fourth-order valence-corrected chi connectivity index (χ4v) is 4.08. The molecule has 0 aliphatic rings. The maximum atomic E-state index is 6.18. The normalized spacial score (nSPS) is 11.3. The predicted octanol–water partition coefficient (Wildman–Crippen LogP) is 6.01. The molecule has 5 aromatic rings. The molecule has 2 heterocycles. The lowest BCUT2D eigenvalue weighted by molar-refractivity contribution is 0.653. The molecule has 0 bridgehead atoms. The Morgan fingerprint density at radius 1 is 0.839 bits per heavy atom. The first kappa shape index (κ1) is 19.8. The molecule has 0 amide bonds. The Labute approximate surface area is 189 Å². The number of hydrogen-bond donors (Lipinski definition) is 0. The lowest BCUT2D eigenvalue weighted by Crippen LogP contribution is -2.04. The van der Waals surface area contributed by atoms with Crippen LogP contribution in [0.25, 0.3) is 22.3 Å². The molecular formula is C24H19Cl2N5. The molecule has 0 radical (unpaired) electrons. The lowest BCUT2D eigenvalue weighted by Gasteiger charge is -2.06. The van der Waals surface area contributed by atoms with Crippen LogP contribution < -0.4 is 0 Å². The van der Waals surface area contributed by atoms with Gasteiger partial charge in [0, 0.05) is 29.2 Å². The summed E-state index contributed by atoms with van der Waals surface area (Å²) < 4.78 is 4.03. The van der Waals surface area contributed by atoms with Crippen LogP contribution in [0.4, 0.5) is 0 Å². The first-order valence-corrected chi connectivity index (χ1v) is 10.7. The number of nitrogens with zero attached hydrogens (tertiary/aromatic N) is 5. The Morgan fingerprint density at radius 2 is 1.61 bits per heavy atom. The molecular weight excluding hydrogens is 429 g/mol. The standard InChI is InChI=1S/C24H19Cl2N5/c1-16-6-8-17(9-7-16)13-30-15-20(19-4-2-3-5-23(19)30)24-27-28-29-31(24)14-18-10-11-21(25)22(26)12-18/h2-12,15H,13-14H2,1H3. The molecule has 154 valence electrons. The minimum Gasteiger partial charge on any atom is -0.342 e. The van der Waals surface area contributed by atoms with Gasteiger partial charge in [-0.25, -0.2) is 4.68 Å². The summed E-state index contributed by atoms with van der Waals surface area (Å²) in [5, 5.41) is 14.7. The zero-order chi connectivity index (χ0) is 21.4. The van der Waals surface area contributed by atoms with Gasteiger partial charge in [0.1, 0.15) is 0 Å². The van der Waals surface area contributed by atoms with Gasteiger partial charge in [0.2, 0.25) is 0 Å². The first-order valence-electron chi connectivity index (χ1n) is 9.92. The van der Waals surface area contributed by atoms with E-state index in [1.54, 1.807) is 10.7 Å². The van der Waals surface area contributed by atoms with Gasteiger partial charge in [-0.05, 0) is 46.7 Å². The maximum absolute atomic E-state index is 6.18. The fraction of sp³-hybridized carbons (Fsp3) is 0.125. The highest BCUT2D eigenvalue weighted by molar-refractivity contribution is 6.42. The molecule has 0 atom stereocenters. The van der Waals surface area contributed by atoms with Crippen molar-refractivity contribution in [3.8, 4) is 11.4 Å². The zero-order valence-electron chi connectivity index (χ0n) is 16.8. The van der Waals surface area contributed by atoms with Crippen molar-refractivity contribution in [2.24, 2.45) is 0 Å². The highest BCUT2D eigenvalue weighted by atomic mass is 35.5. The van der Waals surface area contributed by atoms with Crippen molar-refractivity contribution in [1.29, 1.82) is 0 Å². The Hall–Kier alpha value is -3.15. The average Bonchev–Trinajstić information content (AvgIpc) is 3.37. The molecule has 5 rings (SSSR count). The second-order valence-corrected chi connectivity index (χ2v) is 8.40. The molecule has 5 nitrogen and oxygen atoms in total. The Kier molecular flexibility index (Phi) is 5.22. The molecule has 0 spiro atoms. The van der Waals surface area contributed by atoms with E-state index in [9.17, 15) is 0 Å². The van der Waals surface area contributed by atoms with Crippen LogP contribution >= 0.6 is 23.2 Å². The highest BCUT2D eigenvalue weighted by Crippen LogP contribution is 2.30. The summed E-state index contributed by atoms with van der Waals surface area (Å²) in [7, 11) is 0. The van der Waals surface area contributed by atoms with Crippen LogP contribution in [0.1, 0.15) is 16.7 Å². The number of aromatic nitrogens is 5. The number of rotatable bonds is 5. The van der Waals surface area contributed by atoms with Crippen molar-refractivity contribution >= 4 is 34.1 Å². The van der Waals surface area contributed by atoms with Crippen molar-refractivity contribution in [3.63, 3.8) is 0 Å². The second kappa shape index (κ2) is 8.17. The number of para-hydroxylation sites is 1. The molecule has 0 saturated heterocycles. The fourth-order valence-electron chi connectivity index (χ4n) is 3.76. The van der Waals surface area contributed by atoms with Crippen LogP contribution in [0.3, 0.4) is 0 Å². The molecule has 0 fully saturated rings. The van der Waals surface area contributed by atoms with E-state index in [0.29, 0.717) is 22.4 Å². The topological polar surface area (TPSA) is 48.5 Å². The minimum absolute atomic E-state index is 0.497. The zero-order valence-corrected chi connectivity index (χ0v) is 18.3. The van der Waals surface area contributed by atoms with Gasteiger partial charge in [-0.15, -0.1) is 5.10 Å². The van der Waals surface area contributed by atoms with Crippen LogP contribution in [0, 0.1) is 6.92 Å². The van der Waals surface area contributed by atoms with Crippen LogP contribution in [0.15, 0.2) is 72.9 Å². The molecule has 0 saturated carbocycles. The monoisotopic (exact) mass is 447 g/mol. The van der Waals surface area contributed by atoms with E-state index in [2.05, 4.69) is 75.7 Å². The Balaban J connectivity index is 1.55. The summed E-state index contributed by atoms with van der Waals surface area (Å²) in [6.07, 6.45) is 2.13. The third kappa shape index (κ3) is 3.94. The maximum Gasteiger partial charge on any atom is 0.184 e. The van der Waals surface area contributed by atoms with E-state index in [1.165, 1.54) is 11.1 Å². The van der Waals surface area contributed by atoms with E-state index < -0.39 is 0 Å². The summed E-state index contributed by atoms with van der Waals surface area (Å²) in [5.74, 6) is 0.713. The average molecular weight is 448 g/mol. The van der Waals surface area contributed by atoms with Gasteiger partial charge in [0.15, 0.2) is 5.82 Å². The van der Waals surface area contributed by atoms with Gasteiger partial charge in [-0.1, -0.05) is 77.3 Å². The molecule has 3 aromatic carbocycles. The summed E-state index contributed by atoms with van der Waals surface area (Å²) in [4.78, 5) is 0. The molecule has 0 N–H and O–H groups in total. The predicted molar refractivity (Wildman–Crippen MR) is 125 cm³/mol. The van der Waals surface area contributed by atoms with Gasteiger partial charge < -0.3 is 4.57 Å². The van der Waals surface area contributed by atoms with E-state index in [4.69, 9.17) is 23.2 Å². The van der Waals surface area contributed by atoms with Crippen molar-refractivity contribution < 1.29 is 0 Å². The Bertz CT molecular complexity index is 1370. The number of tetrazole rings is 1. The number of hydrogen-bond acceptors (Lipinski definition) is 3. The summed E-state index contributed by atoms with van der Waals surface area (Å²) in [5.41, 5.74) is 5.61. The molecule has 0 aliphatic heterocycles. The van der Waals surface area contributed by atoms with Gasteiger partial charge in [0.25, 0.3) is 0 Å². The quantitative estimate of drug-likeness (QED) is 0.331. The third-order valence-corrected chi connectivity index (χ3v) is 6.09. The van der Waals surface area contributed by atoms with Crippen LogP contribution in [0.2, 0.25) is 10.0 Å². The van der Waals surface area contributed by atoms with Crippen molar-refractivity contribution in [3.05, 3.63) is 99.7 Å². The van der Waals surface area contributed by atoms with E-state index in [0.717, 1.165) is 28.6 Å². The largest absolute Gasteiger partial charge is 0.342 e. The second-order valence-electron chi connectivity index (χ2n) is 7.58. The van der Waals surface area contributed by atoms with Crippen LogP contribution in [-0.2, 0) is 13.1 Å². The highest BCUT2D eigenvalue weighted by Gasteiger charge is 2.17. The molecule has 0 aliphatic carbocycles. The van der Waals surface area contributed by atoms with E-state index >= 15 is 0 Å². The SMILES string of the molecule is Cc1ccc(Cn2cc(-c3nnnn3Cc3ccc(Cl)c(Cl)c3)c3ccccc32)cc1. The first-order chi connectivity index (χ1) is 15.1. The van der Waals surface area contributed by atoms with Gasteiger partial charge in [-0.2, -0.15) is 0 Å². The van der Waals surface area contributed by atoms with Gasteiger partial charge >= 0.3 is 0 Å². The lowest BCUT2D eigenvalue weighted by atomic mass is 10.1. The van der Waals surface area contributed by atoms with Gasteiger partial charge in [0.05, 0.1) is 16.6 Å². The van der Waals surface area contributed by atoms with Crippen molar-refractivity contribution in [1.82, 2.24) is 24.8 Å². The van der Waals surface area contributed by atoms with Crippen molar-refractivity contribution in [2.75, 3.05) is 0 Å². The number of halogens is 2. The minimum atomic E-state index is 0.497. The molecule has 7 heteroatoms. The van der Waals surface area contributed by atoms with E-state index in [-0.39, 0.29) is 0 Å². The molecule has 2 aromatic heterocycles. The number of aryl methyl sites for hydroxylation is 1. The number of benzene rings is 3. The van der Waals surface area contributed by atoms with Crippen molar-refractivity contribution in [2.45, 2.75) is 20.0 Å². The van der Waals surface area contributed by atoms with Crippen LogP contribution in [-0.4, -0.2) is 24.8 Å². The third-order valence-electron chi connectivity index (χ3n) is 5.35. The summed E-state index contributed by atoms with van der Waals surface area (Å²) >= 11 is 12.2. The molecule has 0 unspecified atom stereocenters. The van der Waals surface area contributed by atoms with Crippen LogP contribution in [0.5, 0.6) is 0 Å².